The standard InChI is InChI=1S/C14H15FN2O5/c1-5-2-6-3-7(14(21)17-13(6)16-12(5)15)11-10(20)9(19)8(4-18)22-11/h2-3,8-11,18-20H,4H2,1H3,(H,16,17,21)/t8-,9?,10+,11+/m1/s1. The second-order valence-electron chi connectivity index (χ2n) is 5.35. The zero-order valence-corrected chi connectivity index (χ0v) is 11.7. The lowest BCUT2D eigenvalue weighted by Crippen LogP contribution is -2.33. The molecule has 0 spiro atoms. The Morgan fingerprint density at radius 3 is 2.73 bits per heavy atom. The van der Waals surface area contributed by atoms with Gasteiger partial charge in [-0.1, -0.05) is 0 Å². The molecular weight excluding hydrogens is 295 g/mol. The Morgan fingerprint density at radius 1 is 1.36 bits per heavy atom. The fraction of sp³-hybridized carbons (Fsp3) is 0.429. The van der Waals surface area contributed by atoms with Crippen LogP contribution in [0, 0.1) is 12.9 Å². The molecule has 118 valence electrons. The molecule has 2 aromatic rings. The molecule has 0 aliphatic carbocycles. The molecule has 2 aromatic heterocycles. The quantitative estimate of drug-likeness (QED) is 0.557. The first-order valence-electron chi connectivity index (χ1n) is 6.75. The lowest BCUT2D eigenvalue weighted by Gasteiger charge is -2.14. The average molecular weight is 310 g/mol. The largest absolute Gasteiger partial charge is 0.394 e. The summed E-state index contributed by atoms with van der Waals surface area (Å²) in [7, 11) is 0. The third-order valence-corrected chi connectivity index (χ3v) is 3.83. The maximum atomic E-state index is 13.4. The number of fused-ring (bicyclic) bond motifs is 1. The molecule has 0 radical (unpaired) electrons. The van der Waals surface area contributed by atoms with Crippen LogP contribution >= 0.6 is 0 Å². The molecule has 7 nitrogen and oxygen atoms in total. The van der Waals surface area contributed by atoms with Crippen molar-refractivity contribution >= 4 is 11.0 Å². The van der Waals surface area contributed by atoms with Gasteiger partial charge in [0.2, 0.25) is 5.95 Å². The highest BCUT2D eigenvalue weighted by molar-refractivity contribution is 5.75. The van der Waals surface area contributed by atoms with Crippen LogP contribution in [0.2, 0.25) is 0 Å². The summed E-state index contributed by atoms with van der Waals surface area (Å²) in [5.74, 6) is -0.677. The van der Waals surface area contributed by atoms with E-state index in [0.29, 0.717) is 10.9 Å². The molecule has 3 heterocycles. The number of aliphatic hydroxyl groups is 3. The topological polar surface area (TPSA) is 116 Å². The second-order valence-corrected chi connectivity index (χ2v) is 5.35. The maximum Gasteiger partial charge on any atom is 0.255 e. The van der Waals surface area contributed by atoms with Crippen molar-refractivity contribution in [3.63, 3.8) is 0 Å². The number of nitrogens with zero attached hydrogens (tertiary/aromatic N) is 1. The molecule has 4 atom stereocenters. The molecular formula is C14H15FN2O5. The third kappa shape index (κ3) is 2.30. The van der Waals surface area contributed by atoms with Crippen molar-refractivity contribution < 1.29 is 24.4 Å². The van der Waals surface area contributed by atoms with Gasteiger partial charge in [-0.05, 0) is 19.1 Å². The van der Waals surface area contributed by atoms with Gasteiger partial charge in [-0.15, -0.1) is 0 Å². The number of halogens is 1. The molecule has 1 unspecified atom stereocenters. The normalized spacial score (nSPS) is 28.4. The van der Waals surface area contributed by atoms with Gasteiger partial charge >= 0.3 is 0 Å². The van der Waals surface area contributed by atoms with Crippen LogP contribution in [0.1, 0.15) is 17.2 Å². The summed E-state index contributed by atoms with van der Waals surface area (Å²) in [6, 6.07) is 2.95. The summed E-state index contributed by atoms with van der Waals surface area (Å²) in [6.07, 6.45) is -4.68. The van der Waals surface area contributed by atoms with Gasteiger partial charge in [0.1, 0.15) is 30.1 Å². The number of aromatic amines is 1. The number of ether oxygens (including phenoxy) is 1. The van der Waals surface area contributed by atoms with E-state index in [1.807, 2.05) is 0 Å². The number of nitrogens with one attached hydrogen (secondary N) is 1. The van der Waals surface area contributed by atoms with E-state index in [0.717, 1.165) is 0 Å². The first-order chi connectivity index (χ1) is 10.4. The van der Waals surface area contributed by atoms with Crippen molar-refractivity contribution in [2.45, 2.75) is 31.3 Å². The maximum absolute atomic E-state index is 13.4. The van der Waals surface area contributed by atoms with Crippen LogP contribution in [0.5, 0.6) is 0 Å². The molecule has 22 heavy (non-hydrogen) atoms. The number of rotatable bonds is 2. The van der Waals surface area contributed by atoms with E-state index in [1.54, 1.807) is 6.92 Å². The first kappa shape index (κ1) is 15.0. The number of aromatic nitrogens is 2. The Balaban J connectivity index is 2.10. The number of aliphatic hydroxyl groups excluding tert-OH is 3. The van der Waals surface area contributed by atoms with Crippen molar-refractivity contribution in [2.24, 2.45) is 0 Å². The van der Waals surface area contributed by atoms with Crippen molar-refractivity contribution in [1.29, 1.82) is 0 Å². The van der Waals surface area contributed by atoms with E-state index in [9.17, 15) is 19.4 Å². The van der Waals surface area contributed by atoms with Gasteiger partial charge in [-0.3, -0.25) is 4.79 Å². The first-order valence-corrected chi connectivity index (χ1v) is 6.75. The van der Waals surface area contributed by atoms with E-state index < -0.39 is 42.5 Å². The smallest absolute Gasteiger partial charge is 0.255 e. The lowest BCUT2D eigenvalue weighted by atomic mass is 10.0. The van der Waals surface area contributed by atoms with Crippen LogP contribution in [0.4, 0.5) is 4.39 Å². The van der Waals surface area contributed by atoms with Gasteiger partial charge in [0.25, 0.3) is 5.56 Å². The molecule has 1 aliphatic heterocycles. The number of hydrogen-bond acceptors (Lipinski definition) is 6. The summed E-state index contributed by atoms with van der Waals surface area (Å²) in [6.45, 7) is 1.06. The van der Waals surface area contributed by atoms with Crippen molar-refractivity contribution in [2.75, 3.05) is 6.61 Å². The van der Waals surface area contributed by atoms with Crippen LogP contribution < -0.4 is 5.56 Å². The molecule has 0 amide bonds. The van der Waals surface area contributed by atoms with Crippen LogP contribution in [-0.4, -0.2) is 50.2 Å². The summed E-state index contributed by atoms with van der Waals surface area (Å²) in [5, 5.41) is 29.3. The van der Waals surface area contributed by atoms with E-state index in [2.05, 4.69) is 9.97 Å². The predicted octanol–water partition coefficient (Wildman–Crippen LogP) is -0.475. The molecule has 4 N–H and O–H groups in total. The Kier molecular flexibility index (Phi) is 3.69. The molecule has 1 fully saturated rings. The highest BCUT2D eigenvalue weighted by Crippen LogP contribution is 2.32. The average Bonchev–Trinajstić information content (AvgIpc) is 2.76. The Bertz CT molecular complexity index is 778. The fourth-order valence-electron chi connectivity index (χ4n) is 2.60. The second kappa shape index (κ2) is 5.40. The molecule has 8 heteroatoms. The number of pyridine rings is 2. The van der Waals surface area contributed by atoms with Gasteiger partial charge in [0.15, 0.2) is 0 Å². The van der Waals surface area contributed by atoms with Crippen LogP contribution in [0.25, 0.3) is 11.0 Å². The minimum Gasteiger partial charge on any atom is -0.394 e. The number of aryl methyl sites for hydroxylation is 1. The van der Waals surface area contributed by atoms with Crippen molar-refractivity contribution in [3.05, 3.63) is 39.6 Å². The van der Waals surface area contributed by atoms with E-state index in [4.69, 9.17) is 9.84 Å². The highest BCUT2D eigenvalue weighted by atomic mass is 19.1. The molecule has 0 saturated carbocycles. The Labute approximate surface area is 124 Å². The SMILES string of the molecule is Cc1cc2cc([C@@H]3O[C@H](CO)C(O)[C@@H]3O)c(=O)[nH]c2nc1F. The van der Waals surface area contributed by atoms with Crippen LogP contribution in [0.15, 0.2) is 16.9 Å². The van der Waals surface area contributed by atoms with Gasteiger partial charge < -0.3 is 25.0 Å². The Hall–Kier alpha value is -1.87. The summed E-state index contributed by atoms with van der Waals surface area (Å²) < 4.78 is 18.8. The third-order valence-electron chi connectivity index (χ3n) is 3.83. The van der Waals surface area contributed by atoms with Gasteiger partial charge in [0, 0.05) is 16.5 Å². The van der Waals surface area contributed by atoms with Crippen molar-refractivity contribution in [1.82, 2.24) is 9.97 Å². The lowest BCUT2D eigenvalue weighted by molar-refractivity contribution is -0.0231. The van der Waals surface area contributed by atoms with E-state index in [1.165, 1.54) is 12.1 Å². The predicted molar refractivity (Wildman–Crippen MR) is 73.8 cm³/mol. The van der Waals surface area contributed by atoms with Gasteiger partial charge in [-0.25, -0.2) is 4.98 Å². The Morgan fingerprint density at radius 2 is 2.09 bits per heavy atom. The fourth-order valence-corrected chi connectivity index (χ4v) is 2.60. The number of hydrogen-bond donors (Lipinski definition) is 4. The van der Waals surface area contributed by atoms with E-state index >= 15 is 0 Å². The minimum absolute atomic E-state index is 0.0859. The van der Waals surface area contributed by atoms with Crippen molar-refractivity contribution in [3.8, 4) is 0 Å². The molecule has 0 bridgehead atoms. The van der Waals surface area contributed by atoms with Crippen LogP contribution in [-0.2, 0) is 4.74 Å². The number of H-pyrrole nitrogens is 1. The van der Waals surface area contributed by atoms with Crippen LogP contribution in [0.3, 0.4) is 0 Å². The highest BCUT2D eigenvalue weighted by Gasteiger charge is 2.44. The van der Waals surface area contributed by atoms with Gasteiger partial charge in [0.05, 0.1) is 6.61 Å². The summed E-state index contributed by atoms with van der Waals surface area (Å²) >= 11 is 0. The molecule has 0 aromatic carbocycles. The zero-order chi connectivity index (χ0) is 16.0. The zero-order valence-electron chi connectivity index (χ0n) is 11.7. The molecule has 3 rings (SSSR count). The van der Waals surface area contributed by atoms with Gasteiger partial charge in [-0.2, -0.15) is 4.39 Å². The summed E-state index contributed by atoms with van der Waals surface area (Å²) in [4.78, 5) is 18.2. The minimum atomic E-state index is -1.34. The summed E-state index contributed by atoms with van der Waals surface area (Å²) in [5.41, 5.74) is -0.115. The molecule has 1 aliphatic rings. The monoisotopic (exact) mass is 310 g/mol. The molecule has 1 saturated heterocycles. The van der Waals surface area contributed by atoms with E-state index in [-0.39, 0.29) is 11.2 Å².